The lowest BCUT2D eigenvalue weighted by Gasteiger charge is -2.03. The molecule has 0 aliphatic carbocycles. The molecular weight excluding hydrogens is 324 g/mol. The summed E-state index contributed by atoms with van der Waals surface area (Å²) in [5.74, 6) is 0.639. The Morgan fingerprint density at radius 1 is 1.33 bits per heavy atom. The molecular formula is C10H7ClIN3. The van der Waals surface area contributed by atoms with E-state index >= 15 is 0 Å². The van der Waals surface area contributed by atoms with Gasteiger partial charge in [0.1, 0.15) is 5.15 Å². The molecule has 5 heteroatoms. The quantitative estimate of drug-likeness (QED) is 0.595. The Bertz CT molecular complexity index is 502. The zero-order valence-electron chi connectivity index (χ0n) is 7.91. The van der Waals surface area contributed by atoms with Gasteiger partial charge in [-0.15, -0.1) is 0 Å². The SMILES string of the molecule is Cc1cnccc1-c1ncc(I)c(Cl)n1. The molecule has 3 nitrogen and oxygen atoms in total. The summed E-state index contributed by atoms with van der Waals surface area (Å²) in [7, 11) is 0. The molecule has 0 amide bonds. The second kappa shape index (κ2) is 4.40. The minimum atomic E-state index is 0.483. The van der Waals surface area contributed by atoms with Gasteiger partial charge in [-0.2, -0.15) is 0 Å². The zero-order valence-corrected chi connectivity index (χ0v) is 10.8. The number of halogens is 2. The highest BCUT2D eigenvalue weighted by molar-refractivity contribution is 14.1. The molecule has 0 saturated carbocycles. The van der Waals surface area contributed by atoms with Crippen LogP contribution in [0.15, 0.2) is 24.7 Å². The molecule has 0 aliphatic rings. The van der Waals surface area contributed by atoms with E-state index in [1.165, 1.54) is 0 Å². The van der Waals surface area contributed by atoms with Crippen molar-refractivity contribution in [3.63, 3.8) is 0 Å². The van der Waals surface area contributed by atoms with E-state index in [2.05, 4.69) is 37.5 Å². The van der Waals surface area contributed by atoms with E-state index in [0.717, 1.165) is 14.7 Å². The standard InChI is InChI=1S/C10H7ClIN3/c1-6-4-13-3-2-7(6)10-14-5-8(12)9(11)15-10/h2-5H,1H3. The van der Waals surface area contributed by atoms with E-state index in [0.29, 0.717) is 11.0 Å². The molecule has 2 aromatic rings. The predicted octanol–water partition coefficient (Wildman–Crippen LogP) is 3.11. The first-order valence-corrected chi connectivity index (χ1v) is 5.73. The lowest BCUT2D eigenvalue weighted by molar-refractivity contribution is 1.14. The minimum Gasteiger partial charge on any atom is -0.264 e. The Morgan fingerprint density at radius 3 is 2.80 bits per heavy atom. The summed E-state index contributed by atoms with van der Waals surface area (Å²) < 4.78 is 0.852. The van der Waals surface area contributed by atoms with Gasteiger partial charge in [-0.3, -0.25) is 4.98 Å². The fourth-order valence-corrected chi connectivity index (χ4v) is 1.59. The first kappa shape index (κ1) is 10.8. The van der Waals surface area contributed by atoms with Crippen LogP contribution in [0.2, 0.25) is 5.15 Å². The molecule has 76 valence electrons. The van der Waals surface area contributed by atoms with E-state index in [-0.39, 0.29) is 0 Å². The van der Waals surface area contributed by atoms with Crippen LogP contribution in [-0.2, 0) is 0 Å². The third-order valence-corrected chi connectivity index (χ3v) is 3.36. The molecule has 2 heterocycles. The van der Waals surface area contributed by atoms with Crippen LogP contribution in [0, 0.1) is 10.5 Å². The second-order valence-electron chi connectivity index (χ2n) is 3.02. The Kier molecular flexibility index (Phi) is 3.16. The predicted molar refractivity (Wildman–Crippen MR) is 67.7 cm³/mol. The molecule has 0 bridgehead atoms. The van der Waals surface area contributed by atoms with Crippen molar-refractivity contribution in [2.75, 3.05) is 0 Å². The lowest BCUT2D eigenvalue weighted by Crippen LogP contribution is -1.93. The number of pyridine rings is 1. The van der Waals surface area contributed by atoms with Crippen LogP contribution < -0.4 is 0 Å². The highest BCUT2D eigenvalue weighted by Gasteiger charge is 2.07. The molecule has 2 rings (SSSR count). The van der Waals surface area contributed by atoms with Crippen molar-refractivity contribution in [3.05, 3.63) is 38.9 Å². The van der Waals surface area contributed by atoms with Crippen molar-refractivity contribution in [2.24, 2.45) is 0 Å². The largest absolute Gasteiger partial charge is 0.264 e. The number of aryl methyl sites for hydroxylation is 1. The summed E-state index contributed by atoms with van der Waals surface area (Å²) in [6.07, 6.45) is 5.22. The normalized spacial score (nSPS) is 10.3. The number of rotatable bonds is 1. The molecule has 0 aromatic carbocycles. The summed E-state index contributed by atoms with van der Waals surface area (Å²) >= 11 is 8.04. The van der Waals surface area contributed by atoms with Gasteiger partial charge in [0.25, 0.3) is 0 Å². The molecule has 0 aliphatic heterocycles. The molecule has 0 atom stereocenters. The summed E-state index contributed by atoms with van der Waals surface area (Å²) in [6, 6.07) is 1.88. The topological polar surface area (TPSA) is 38.7 Å². The van der Waals surface area contributed by atoms with Gasteiger partial charge < -0.3 is 0 Å². The second-order valence-corrected chi connectivity index (χ2v) is 4.54. The van der Waals surface area contributed by atoms with Crippen LogP contribution in [0.25, 0.3) is 11.4 Å². The molecule has 0 radical (unpaired) electrons. The Labute approximate surface area is 106 Å². The minimum absolute atomic E-state index is 0.483. The molecule has 0 N–H and O–H groups in total. The van der Waals surface area contributed by atoms with Crippen molar-refractivity contribution >= 4 is 34.2 Å². The average molecular weight is 332 g/mol. The van der Waals surface area contributed by atoms with E-state index in [4.69, 9.17) is 11.6 Å². The van der Waals surface area contributed by atoms with Crippen LogP contribution >= 0.6 is 34.2 Å². The number of nitrogens with zero attached hydrogens (tertiary/aromatic N) is 3. The Hall–Kier alpha value is -0.750. The molecule has 0 spiro atoms. The molecule has 2 aromatic heterocycles. The summed E-state index contributed by atoms with van der Waals surface area (Å²) in [5, 5.41) is 0.483. The van der Waals surface area contributed by atoms with Crippen molar-refractivity contribution in [1.82, 2.24) is 15.0 Å². The van der Waals surface area contributed by atoms with Gasteiger partial charge in [0.15, 0.2) is 5.82 Å². The van der Waals surface area contributed by atoms with E-state index in [1.807, 2.05) is 13.0 Å². The highest BCUT2D eigenvalue weighted by Crippen LogP contribution is 2.22. The third-order valence-electron chi connectivity index (χ3n) is 1.96. The number of hydrogen-bond donors (Lipinski definition) is 0. The van der Waals surface area contributed by atoms with Gasteiger partial charge in [-0.1, -0.05) is 11.6 Å². The maximum absolute atomic E-state index is 5.94. The number of aromatic nitrogens is 3. The molecule has 15 heavy (non-hydrogen) atoms. The lowest BCUT2D eigenvalue weighted by atomic mass is 10.1. The van der Waals surface area contributed by atoms with Gasteiger partial charge in [0.2, 0.25) is 0 Å². The Morgan fingerprint density at radius 2 is 2.13 bits per heavy atom. The molecule has 0 fully saturated rings. The average Bonchev–Trinajstić information content (AvgIpc) is 2.23. The van der Waals surface area contributed by atoms with Crippen LogP contribution in [0.3, 0.4) is 0 Å². The Balaban J connectivity index is 2.55. The van der Waals surface area contributed by atoms with Crippen LogP contribution in [-0.4, -0.2) is 15.0 Å². The van der Waals surface area contributed by atoms with Crippen LogP contribution in [0.4, 0.5) is 0 Å². The fourth-order valence-electron chi connectivity index (χ4n) is 1.20. The molecule has 0 unspecified atom stereocenters. The van der Waals surface area contributed by atoms with Crippen molar-refractivity contribution in [2.45, 2.75) is 6.92 Å². The van der Waals surface area contributed by atoms with Crippen molar-refractivity contribution < 1.29 is 0 Å². The van der Waals surface area contributed by atoms with Crippen molar-refractivity contribution in [3.8, 4) is 11.4 Å². The summed E-state index contributed by atoms with van der Waals surface area (Å²) in [6.45, 7) is 1.97. The van der Waals surface area contributed by atoms with E-state index < -0.39 is 0 Å². The summed E-state index contributed by atoms with van der Waals surface area (Å²) in [4.78, 5) is 12.5. The highest BCUT2D eigenvalue weighted by atomic mass is 127. The third kappa shape index (κ3) is 2.26. The van der Waals surface area contributed by atoms with Crippen molar-refractivity contribution in [1.29, 1.82) is 0 Å². The van der Waals surface area contributed by atoms with Gasteiger partial charge in [0, 0.05) is 24.2 Å². The molecule has 0 saturated heterocycles. The van der Waals surface area contributed by atoms with Gasteiger partial charge in [0.05, 0.1) is 3.57 Å². The fraction of sp³-hybridized carbons (Fsp3) is 0.100. The van der Waals surface area contributed by atoms with Gasteiger partial charge in [-0.05, 0) is 41.1 Å². The summed E-state index contributed by atoms with van der Waals surface area (Å²) in [5.41, 5.74) is 2.00. The smallest absolute Gasteiger partial charge is 0.161 e. The first-order valence-electron chi connectivity index (χ1n) is 4.27. The monoisotopic (exact) mass is 331 g/mol. The maximum Gasteiger partial charge on any atom is 0.161 e. The first-order chi connectivity index (χ1) is 7.18. The van der Waals surface area contributed by atoms with E-state index in [9.17, 15) is 0 Å². The van der Waals surface area contributed by atoms with Crippen LogP contribution in [0.5, 0.6) is 0 Å². The number of hydrogen-bond acceptors (Lipinski definition) is 3. The zero-order chi connectivity index (χ0) is 10.8. The maximum atomic E-state index is 5.94. The van der Waals surface area contributed by atoms with Gasteiger partial charge >= 0.3 is 0 Å². The van der Waals surface area contributed by atoms with E-state index in [1.54, 1.807) is 18.6 Å². The van der Waals surface area contributed by atoms with Crippen LogP contribution in [0.1, 0.15) is 5.56 Å². The van der Waals surface area contributed by atoms with Gasteiger partial charge in [-0.25, -0.2) is 9.97 Å².